The maximum Gasteiger partial charge on any atom is 0.188 e. The van der Waals surface area contributed by atoms with Crippen molar-refractivity contribution < 1.29 is 9.47 Å². The highest BCUT2D eigenvalue weighted by molar-refractivity contribution is 7.15. The van der Waals surface area contributed by atoms with E-state index in [1.165, 1.54) is 5.56 Å². The summed E-state index contributed by atoms with van der Waals surface area (Å²) < 4.78 is 10.2. The third-order valence-corrected chi connectivity index (χ3v) is 1.96. The molecule has 0 aliphatic rings. The van der Waals surface area contributed by atoms with Crippen LogP contribution in [0.15, 0.2) is 24.3 Å². The first-order valence-corrected chi connectivity index (χ1v) is 4.60. The molecule has 0 saturated carbocycles. The van der Waals surface area contributed by atoms with Gasteiger partial charge in [0.15, 0.2) is 6.79 Å². The second kappa shape index (κ2) is 5.13. The number of hydrogen-bond acceptors (Lipinski definition) is 2. The van der Waals surface area contributed by atoms with Crippen LogP contribution in [0.3, 0.4) is 0 Å². The van der Waals surface area contributed by atoms with E-state index in [-0.39, 0.29) is 0 Å². The highest BCUT2D eigenvalue weighted by Crippen LogP contribution is 2.20. The van der Waals surface area contributed by atoms with Gasteiger partial charge in [-0.25, -0.2) is 0 Å². The molecule has 66 valence electrons. The van der Waals surface area contributed by atoms with Crippen molar-refractivity contribution in [2.45, 2.75) is 6.16 Å². The van der Waals surface area contributed by atoms with E-state index in [1.54, 1.807) is 7.11 Å². The van der Waals surface area contributed by atoms with Crippen molar-refractivity contribution in [3.8, 4) is 5.75 Å². The number of ether oxygens (including phenoxy) is 2. The predicted molar refractivity (Wildman–Crippen MR) is 52.4 cm³/mol. The third-order valence-electron chi connectivity index (χ3n) is 1.52. The molecule has 0 heterocycles. The first-order chi connectivity index (χ1) is 5.88. The largest absolute Gasteiger partial charge is 0.467 e. The van der Waals surface area contributed by atoms with Gasteiger partial charge < -0.3 is 9.47 Å². The second-order valence-corrected chi connectivity index (χ2v) is 2.77. The molecular weight excluding hydrogens is 171 g/mol. The Morgan fingerprint density at radius 1 is 1.33 bits per heavy atom. The van der Waals surface area contributed by atoms with Crippen molar-refractivity contribution >= 4 is 9.24 Å². The molecular formula is C9H13O2P. The third kappa shape index (κ3) is 2.47. The van der Waals surface area contributed by atoms with E-state index >= 15 is 0 Å². The zero-order valence-electron chi connectivity index (χ0n) is 7.12. The SMILES string of the molecule is COCOc1ccccc1CP. The number of methoxy groups -OCH3 is 1. The summed E-state index contributed by atoms with van der Waals surface area (Å²) in [5, 5.41) is 0. The Balaban J connectivity index is 2.68. The van der Waals surface area contributed by atoms with E-state index in [4.69, 9.17) is 9.47 Å². The van der Waals surface area contributed by atoms with Crippen LogP contribution in [0.25, 0.3) is 0 Å². The predicted octanol–water partition coefficient (Wildman–Crippen LogP) is 2.04. The Morgan fingerprint density at radius 3 is 2.75 bits per heavy atom. The fraction of sp³-hybridized carbons (Fsp3) is 0.333. The fourth-order valence-corrected chi connectivity index (χ4v) is 1.27. The minimum Gasteiger partial charge on any atom is -0.467 e. The van der Waals surface area contributed by atoms with Crippen LogP contribution in [-0.4, -0.2) is 13.9 Å². The zero-order chi connectivity index (χ0) is 8.81. The monoisotopic (exact) mass is 184 g/mol. The summed E-state index contributed by atoms with van der Waals surface area (Å²) in [5.41, 5.74) is 1.18. The topological polar surface area (TPSA) is 18.5 Å². The van der Waals surface area contributed by atoms with E-state index in [0.29, 0.717) is 6.79 Å². The first-order valence-electron chi connectivity index (χ1n) is 3.78. The summed E-state index contributed by atoms with van der Waals surface area (Å²) in [4.78, 5) is 0. The number of benzene rings is 1. The summed E-state index contributed by atoms with van der Waals surface area (Å²) >= 11 is 0. The van der Waals surface area contributed by atoms with Gasteiger partial charge in [0.05, 0.1) is 0 Å². The lowest BCUT2D eigenvalue weighted by Crippen LogP contribution is -2.00. The highest BCUT2D eigenvalue weighted by Gasteiger charge is 1.98. The average molecular weight is 184 g/mol. The fourth-order valence-electron chi connectivity index (χ4n) is 0.936. The number of rotatable bonds is 4. The van der Waals surface area contributed by atoms with Gasteiger partial charge in [0.1, 0.15) is 5.75 Å². The summed E-state index contributed by atoms with van der Waals surface area (Å²) in [6.45, 7) is 0.307. The van der Waals surface area contributed by atoms with Gasteiger partial charge in [-0.05, 0) is 17.8 Å². The summed E-state index contributed by atoms with van der Waals surface area (Å²) in [6, 6.07) is 7.93. The van der Waals surface area contributed by atoms with Gasteiger partial charge >= 0.3 is 0 Å². The Labute approximate surface area is 75.1 Å². The van der Waals surface area contributed by atoms with Crippen molar-refractivity contribution in [3.05, 3.63) is 29.8 Å². The van der Waals surface area contributed by atoms with Gasteiger partial charge in [-0.3, -0.25) is 0 Å². The quantitative estimate of drug-likeness (QED) is 0.526. The minimum atomic E-state index is 0.307. The molecule has 0 aliphatic heterocycles. The molecule has 0 aromatic heterocycles. The van der Waals surface area contributed by atoms with Crippen LogP contribution in [0.5, 0.6) is 5.75 Å². The summed E-state index contributed by atoms with van der Waals surface area (Å²) in [5.74, 6) is 0.898. The van der Waals surface area contributed by atoms with E-state index in [1.807, 2.05) is 24.3 Å². The standard InChI is InChI=1S/C9H13O2P/c1-10-7-11-9-5-3-2-4-8(9)6-12/h2-5H,6-7,12H2,1H3. The Hall–Kier alpha value is -0.590. The maximum absolute atomic E-state index is 5.34. The van der Waals surface area contributed by atoms with E-state index in [0.717, 1.165) is 11.9 Å². The molecule has 12 heavy (non-hydrogen) atoms. The molecule has 0 spiro atoms. The van der Waals surface area contributed by atoms with Crippen LogP contribution in [-0.2, 0) is 10.9 Å². The molecule has 0 radical (unpaired) electrons. The van der Waals surface area contributed by atoms with Crippen LogP contribution < -0.4 is 4.74 Å². The Kier molecular flexibility index (Phi) is 4.06. The molecule has 0 amide bonds. The molecule has 2 nitrogen and oxygen atoms in total. The van der Waals surface area contributed by atoms with Gasteiger partial charge in [0, 0.05) is 7.11 Å². The molecule has 1 rings (SSSR count). The smallest absolute Gasteiger partial charge is 0.188 e. The summed E-state index contributed by atoms with van der Waals surface area (Å²) in [7, 11) is 4.29. The van der Waals surface area contributed by atoms with Crippen molar-refractivity contribution in [3.63, 3.8) is 0 Å². The van der Waals surface area contributed by atoms with E-state index in [2.05, 4.69) is 9.24 Å². The molecule has 3 heteroatoms. The lowest BCUT2D eigenvalue weighted by molar-refractivity contribution is 0.0506. The molecule has 1 aromatic rings. The van der Waals surface area contributed by atoms with Gasteiger partial charge in [-0.1, -0.05) is 18.2 Å². The van der Waals surface area contributed by atoms with Gasteiger partial charge in [-0.2, -0.15) is 0 Å². The van der Waals surface area contributed by atoms with Crippen molar-refractivity contribution in [2.24, 2.45) is 0 Å². The molecule has 1 aromatic carbocycles. The zero-order valence-corrected chi connectivity index (χ0v) is 8.27. The molecule has 0 saturated heterocycles. The van der Waals surface area contributed by atoms with Gasteiger partial charge in [0.2, 0.25) is 0 Å². The summed E-state index contributed by atoms with van der Waals surface area (Å²) in [6.07, 6.45) is 0.903. The molecule has 0 N–H and O–H groups in total. The maximum atomic E-state index is 5.34. The Morgan fingerprint density at radius 2 is 2.08 bits per heavy atom. The number of para-hydroxylation sites is 1. The normalized spacial score (nSPS) is 9.83. The first kappa shape index (κ1) is 9.50. The van der Waals surface area contributed by atoms with Crippen LogP contribution in [0.2, 0.25) is 0 Å². The molecule has 1 unspecified atom stereocenters. The van der Waals surface area contributed by atoms with E-state index < -0.39 is 0 Å². The minimum absolute atomic E-state index is 0.307. The lowest BCUT2D eigenvalue weighted by Gasteiger charge is -2.08. The Bertz CT molecular complexity index is 238. The second-order valence-electron chi connectivity index (χ2n) is 2.36. The lowest BCUT2D eigenvalue weighted by atomic mass is 10.2. The molecule has 0 fully saturated rings. The van der Waals surface area contributed by atoms with Gasteiger partial charge in [-0.15, -0.1) is 9.24 Å². The van der Waals surface area contributed by atoms with Crippen LogP contribution in [0.1, 0.15) is 5.56 Å². The van der Waals surface area contributed by atoms with Gasteiger partial charge in [0.25, 0.3) is 0 Å². The van der Waals surface area contributed by atoms with Crippen LogP contribution in [0.4, 0.5) is 0 Å². The molecule has 0 aliphatic carbocycles. The van der Waals surface area contributed by atoms with Crippen LogP contribution in [0, 0.1) is 0 Å². The average Bonchev–Trinajstić information content (AvgIpc) is 2.15. The van der Waals surface area contributed by atoms with Crippen molar-refractivity contribution in [2.75, 3.05) is 13.9 Å². The van der Waals surface area contributed by atoms with Crippen molar-refractivity contribution in [1.82, 2.24) is 0 Å². The molecule has 1 atom stereocenters. The van der Waals surface area contributed by atoms with Crippen molar-refractivity contribution in [1.29, 1.82) is 0 Å². The number of hydrogen-bond donors (Lipinski definition) is 0. The molecule has 0 bridgehead atoms. The van der Waals surface area contributed by atoms with E-state index in [9.17, 15) is 0 Å². The van der Waals surface area contributed by atoms with Crippen LogP contribution >= 0.6 is 9.24 Å². The highest BCUT2D eigenvalue weighted by atomic mass is 31.0.